The highest BCUT2D eigenvalue weighted by Crippen LogP contribution is 2.30. The van der Waals surface area contributed by atoms with E-state index in [0.717, 1.165) is 27.9 Å². The molecule has 0 amide bonds. The molecule has 0 radical (unpaired) electrons. The van der Waals surface area contributed by atoms with E-state index in [9.17, 15) is 9.90 Å². The molecule has 3 heterocycles. The predicted octanol–water partition coefficient (Wildman–Crippen LogP) is 4.90. The molecule has 0 aliphatic rings. The summed E-state index contributed by atoms with van der Waals surface area (Å²) in [7, 11) is 0. The third-order valence-electron chi connectivity index (χ3n) is 4.82. The van der Waals surface area contributed by atoms with E-state index in [-0.39, 0.29) is 5.56 Å². The largest absolute Gasteiger partial charge is 0.478 e. The number of benzene rings is 2. The van der Waals surface area contributed by atoms with Gasteiger partial charge in [0.2, 0.25) is 0 Å². The van der Waals surface area contributed by atoms with Gasteiger partial charge in [-0.3, -0.25) is 9.97 Å². The van der Waals surface area contributed by atoms with Crippen LogP contribution in [0.15, 0.2) is 79.3 Å². The van der Waals surface area contributed by atoms with Crippen LogP contribution in [0, 0.1) is 0 Å². The summed E-state index contributed by atoms with van der Waals surface area (Å²) >= 11 is 6.06. The molecule has 0 saturated heterocycles. The van der Waals surface area contributed by atoms with Gasteiger partial charge in [-0.1, -0.05) is 29.8 Å². The molecule has 7 nitrogen and oxygen atoms in total. The number of carboxylic acids is 1. The SMILES string of the molecule is O=C(O)c1ccnc(-n2nc(-c3ccc4nccnc4c3)cc2-c2ccc(Cl)cc2)c1. The normalized spacial score (nSPS) is 11.0. The van der Waals surface area contributed by atoms with Crippen molar-refractivity contribution in [1.82, 2.24) is 24.7 Å². The Morgan fingerprint density at radius 2 is 1.55 bits per heavy atom. The molecule has 8 heteroatoms. The maximum atomic E-state index is 11.4. The molecular weight excluding hydrogens is 414 g/mol. The van der Waals surface area contributed by atoms with Gasteiger partial charge in [0.1, 0.15) is 0 Å². The monoisotopic (exact) mass is 427 g/mol. The lowest BCUT2D eigenvalue weighted by Crippen LogP contribution is -2.05. The zero-order valence-corrected chi connectivity index (χ0v) is 16.7. The van der Waals surface area contributed by atoms with E-state index in [4.69, 9.17) is 16.7 Å². The highest BCUT2D eigenvalue weighted by atomic mass is 35.5. The van der Waals surface area contributed by atoms with Crippen molar-refractivity contribution in [2.75, 3.05) is 0 Å². The van der Waals surface area contributed by atoms with Crippen molar-refractivity contribution < 1.29 is 9.90 Å². The van der Waals surface area contributed by atoms with E-state index < -0.39 is 5.97 Å². The van der Waals surface area contributed by atoms with Crippen molar-refractivity contribution in [1.29, 1.82) is 0 Å². The first-order chi connectivity index (χ1) is 15.1. The highest BCUT2D eigenvalue weighted by molar-refractivity contribution is 6.30. The number of hydrogen-bond acceptors (Lipinski definition) is 5. The summed E-state index contributed by atoms with van der Waals surface area (Å²) in [5.41, 5.74) is 4.85. The summed E-state index contributed by atoms with van der Waals surface area (Å²) in [5.74, 6) is -0.631. The second kappa shape index (κ2) is 7.62. The molecule has 0 aliphatic heterocycles. The van der Waals surface area contributed by atoms with Gasteiger partial charge in [0, 0.05) is 34.7 Å². The maximum absolute atomic E-state index is 11.4. The molecule has 150 valence electrons. The number of carboxylic acid groups (broad SMARTS) is 1. The summed E-state index contributed by atoms with van der Waals surface area (Å²) < 4.78 is 1.63. The third-order valence-corrected chi connectivity index (χ3v) is 5.08. The lowest BCUT2D eigenvalue weighted by atomic mass is 10.1. The van der Waals surface area contributed by atoms with Crippen LogP contribution in [-0.4, -0.2) is 35.8 Å². The van der Waals surface area contributed by atoms with Crippen molar-refractivity contribution in [3.05, 3.63) is 89.8 Å². The Kier molecular flexibility index (Phi) is 4.65. The van der Waals surface area contributed by atoms with Crippen LogP contribution in [0.2, 0.25) is 5.02 Å². The van der Waals surface area contributed by atoms with Crippen molar-refractivity contribution in [3.63, 3.8) is 0 Å². The minimum Gasteiger partial charge on any atom is -0.478 e. The molecule has 3 aromatic heterocycles. The number of carbonyl (C=O) groups is 1. The summed E-state index contributed by atoms with van der Waals surface area (Å²) in [6.45, 7) is 0. The van der Waals surface area contributed by atoms with Crippen molar-refractivity contribution in [2.24, 2.45) is 0 Å². The van der Waals surface area contributed by atoms with Gasteiger partial charge in [0.15, 0.2) is 5.82 Å². The minimum absolute atomic E-state index is 0.130. The fourth-order valence-electron chi connectivity index (χ4n) is 3.31. The fourth-order valence-corrected chi connectivity index (χ4v) is 3.44. The molecule has 0 atom stereocenters. The Morgan fingerprint density at radius 3 is 2.32 bits per heavy atom. The topological polar surface area (TPSA) is 93.8 Å². The van der Waals surface area contributed by atoms with Gasteiger partial charge in [0.05, 0.1) is 28.0 Å². The van der Waals surface area contributed by atoms with Gasteiger partial charge >= 0.3 is 5.97 Å². The maximum Gasteiger partial charge on any atom is 0.335 e. The predicted molar refractivity (Wildman–Crippen MR) is 117 cm³/mol. The molecule has 5 aromatic rings. The molecule has 0 spiro atoms. The zero-order valence-electron chi connectivity index (χ0n) is 16.0. The molecular formula is C23H14ClN5O2. The van der Waals surface area contributed by atoms with Crippen LogP contribution in [0.3, 0.4) is 0 Å². The lowest BCUT2D eigenvalue weighted by Gasteiger charge is -2.07. The first-order valence-corrected chi connectivity index (χ1v) is 9.73. The zero-order chi connectivity index (χ0) is 21.4. The van der Waals surface area contributed by atoms with Crippen LogP contribution in [0.4, 0.5) is 0 Å². The number of pyridine rings is 1. The van der Waals surface area contributed by atoms with E-state index in [2.05, 4.69) is 15.0 Å². The molecule has 0 saturated carbocycles. The number of halogens is 1. The highest BCUT2D eigenvalue weighted by Gasteiger charge is 2.16. The Hall–Kier alpha value is -4.10. The molecule has 2 aromatic carbocycles. The van der Waals surface area contributed by atoms with E-state index in [1.165, 1.54) is 18.3 Å². The van der Waals surface area contributed by atoms with Crippen LogP contribution in [-0.2, 0) is 0 Å². The lowest BCUT2D eigenvalue weighted by molar-refractivity contribution is 0.0696. The Morgan fingerprint density at radius 1 is 0.806 bits per heavy atom. The molecule has 0 bridgehead atoms. The Labute approximate surface area is 181 Å². The van der Waals surface area contributed by atoms with E-state index in [1.54, 1.807) is 29.2 Å². The van der Waals surface area contributed by atoms with Gasteiger partial charge in [0.25, 0.3) is 0 Å². The molecule has 0 aliphatic carbocycles. The number of nitrogens with zero attached hydrogens (tertiary/aromatic N) is 5. The molecule has 31 heavy (non-hydrogen) atoms. The number of aromatic carboxylic acids is 1. The quantitative estimate of drug-likeness (QED) is 0.438. The molecule has 0 fully saturated rings. The van der Waals surface area contributed by atoms with Crippen molar-refractivity contribution in [2.45, 2.75) is 0 Å². The second-order valence-corrected chi connectivity index (χ2v) is 7.24. The van der Waals surface area contributed by atoms with Crippen LogP contribution < -0.4 is 0 Å². The van der Waals surface area contributed by atoms with E-state index in [0.29, 0.717) is 16.5 Å². The van der Waals surface area contributed by atoms with Gasteiger partial charge in [-0.25, -0.2) is 14.5 Å². The van der Waals surface area contributed by atoms with Gasteiger partial charge in [-0.05, 0) is 42.5 Å². The van der Waals surface area contributed by atoms with Crippen LogP contribution >= 0.6 is 11.6 Å². The fraction of sp³-hybridized carbons (Fsp3) is 0. The number of fused-ring (bicyclic) bond motifs is 1. The number of hydrogen-bond donors (Lipinski definition) is 1. The van der Waals surface area contributed by atoms with Crippen molar-refractivity contribution in [3.8, 4) is 28.3 Å². The van der Waals surface area contributed by atoms with E-state index >= 15 is 0 Å². The average molecular weight is 428 g/mol. The number of rotatable bonds is 4. The van der Waals surface area contributed by atoms with Crippen LogP contribution in [0.25, 0.3) is 39.4 Å². The summed E-state index contributed by atoms with van der Waals surface area (Å²) in [4.78, 5) is 24.5. The van der Waals surface area contributed by atoms with Crippen LogP contribution in [0.5, 0.6) is 0 Å². The summed E-state index contributed by atoms with van der Waals surface area (Å²) in [6, 6.07) is 17.9. The van der Waals surface area contributed by atoms with Crippen LogP contribution in [0.1, 0.15) is 10.4 Å². The standard InChI is InChI=1S/C23H14ClN5O2/c24-17-4-1-14(2-5-17)21-13-19(15-3-6-18-20(11-15)26-10-9-25-18)28-29(21)22-12-16(23(30)31)7-8-27-22/h1-13H,(H,30,31). The first-order valence-electron chi connectivity index (χ1n) is 9.35. The van der Waals surface area contributed by atoms with Gasteiger partial charge < -0.3 is 5.11 Å². The molecule has 5 rings (SSSR count). The third kappa shape index (κ3) is 3.62. The van der Waals surface area contributed by atoms with E-state index in [1.807, 2.05) is 36.4 Å². The molecule has 1 N–H and O–H groups in total. The summed E-state index contributed by atoms with van der Waals surface area (Å²) in [6.07, 6.45) is 4.75. The smallest absolute Gasteiger partial charge is 0.335 e. The number of aromatic nitrogens is 5. The minimum atomic E-state index is -1.03. The average Bonchev–Trinajstić information content (AvgIpc) is 3.25. The van der Waals surface area contributed by atoms with Gasteiger partial charge in [-0.2, -0.15) is 5.10 Å². The Bertz CT molecular complexity index is 1430. The second-order valence-electron chi connectivity index (χ2n) is 6.80. The first kappa shape index (κ1) is 18.9. The summed E-state index contributed by atoms with van der Waals surface area (Å²) in [5, 5.41) is 14.7. The van der Waals surface area contributed by atoms with Gasteiger partial charge in [-0.15, -0.1) is 0 Å². The van der Waals surface area contributed by atoms with Crippen molar-refractivity contribution >= 4 is 28.6 Å². The molecule has 0 unspecified atom stereocenters. The Balaban J connectivity index is 1.70.